The van der Waals surface area contributed by atoms with E-state index < -0.39 is 0 Å². The molecule has 1 aromatic rings. The molecule has 0 bridgehead atoms. The van der Waals surface area contributed by atoms with E-state index in [1.165, 1.54) is 0 Å². The molecule has 0 aliphatic carbocycles. The average molecular weight is 172 g/mol. The van der Waals surface area contributed by atoms with Crippen LogP contribution >= 0.6 is 0 Å². The zero-order valence-corrected chi connectivity index (χ0v) is 8.17. The third-order valence-electron chi connectivity index (χ3n) is 2.22. The predicted molar refractivity (Wildman–Crippen MR) is 53.3 cm³/mol. The fourth-order valence-corrected chi connectivity index (χ4v) is 1.53. The summed E-state index contributed by atoms with van der Waals surface area (Å²) in [6.07, 6.45) is 2.27. The Bertz CT molecular complexity index is 309. The van der Waals surface area contributed by atoms with Crippen LogP contribution in [0.4, 0.5) is 0 Å². The van der Waals surface area contributed by atoms with Gasteiger partial charge in [-0.1, -0.05) is 32.4 Å². The van der Waals surface area contributed by atoms with Gasteiger partial charge in [0.25, 0.3) is 0 Å². The molecule has 0 spiro atoms. The lowest BCUT2D eigenvalue weighted by atomic mass is 9.93. The molecular weight excluding hydrogens is 158 g/mol. The number of nitrogens with zero attached hydrogens (tertiary/aromatic N) is 1. The highest BCUT2D eigenvalue weighted by atomic mass is 14.2. The highest BCUT2D eigenvalue weighted by Crippen LogP contribution is 2.22. The van der Waals surface area contributed by atoms with Gasteiger partial charge in [-0.25, -0.2) is 0 Å². The van der Waals surface area contributed by atoms with Crippen molar-refractivity contribution in [3.8, 4) is 6.07 Å². The quantitative estimate of drug-likeness (QED) is 0.686. The maximum Gasteiger partial charge on any atom is 0.0994 e. The molecule has 67 valence electrons. The van der Waals surface area contributed by atoms with E-state index in [1.54, 1.807) is 0 Å². The van der Waals surface area contributed by atoms with Crippen LogP contribution in [0.15, 0.2) is 18.2 Å². The van der Waals surface area contributed by atoms with Crippen molar-refractivity contribution >= 4 is 0 Å². The second-order valence-electron chi connectivity index (χ2n) is 3.30. The lowest BCUT2D eigenvalue weighted by Gasteiger charge is -2.10. The lowest BCUT2D eigenvalue weighted by molar-refractivity contribution is 0.663. The van der Waals surface area contributed by atoms with Gasteiger partial charge in [-0.3, -0.25) is 0 Å². The van der Waals surface area contributed by atoms with Gasteiger partial charge >= 0.3 is 0 Å². The van der Waals surface area contributed by atoms with E-state index in [2.05, 4.69) is 26.0 Å². The summed E-state index contributed by atoms with van der Waals surface area (Å²) in [6.45, 7) is 4.31. The molecule has 1 rings (SSSR count). The fraction of sp³-hybridized carbons (Fsp3) is 0.417. The van der Waals surface area contributed by atoms with Gasteiger partial charge in [0.05, 0.1) is 11.6 Å². The van der Waals surface area contributed by atoms with Crippen LogP contribution in [-0.4, -0.2) is 0 Å². The first-order valence-electron chi connectivity index (χ1n) is 4.70. The zero-order valence-electron chi connectivity index (χ0n) is 8.17. The molecule has 1 aromatic carbocycles. The molecule has 0 amide bonds. The van der Waals surface area contributed by atoms with Gasteiger partial charge in [0.1, 0.15) is 0 Å². The fourth-order valence-electron chi connectivity index (χ4n) is 1.53. The normalized spacial score (nSPS) is 12.1. The summed E-state index contributed by atoms with van der Waals surface area (Å²) in [7, 11) is 0. The maximum absolute atomic E-state index is 8.87. The van der Waals surface area contributed by atoms with Gasteiger partial charge in [0.2, 0.25) is 0 Å². The summed E-state index contributed by atoms with van der Waals surface area (Å²) < 4.78 is 0. The van der Waals surface area contributed by atoms with Gasteiger partial charge in [0.15, 0.2) is 0 Å². The first-order chi connectivity index (χ1) is 6.29. The van der Waals surface area contributed by atoms with Crippen molar-refractivity contribution in [2.45, 2.75) is 32.6 Å². The maximum atomic E-state index is 8.87. The number of benzene rings is 1. The second-order valence-corrected chi connectivity index (χ2v) is 3.30. The van der Waals surface area contributed by atoms with E-state index in [1.807, 2.05) is 18.2 Å². The summed E-state index contributed by atoms with van der Waals surface area (Å²) in [6, 6.07) is 11.0. The van der Waals surface area contributed by atoms with Gasteiger partial charge in [0, 0.05) is 0 Å². The molecule has 1 unspecified atom stereocenters. The van der Waals surface area contributed by atoms with Crippen LogP contribution in [0.25, 0.3) is 0 Å². The zero-order chi connectivity index (χ0) is 9.68. The van der Waals surface area contributed by atoms with Crippen molar-refractivity contribution in [2.24, 2.45) is 0 Å². The SMILES string of the molecule is CCCC(C)c1[c]cccc1C#N. The first kappa shape index (κ1) is 9.80. The smallest absolute Gasteiger partial charge is 0.0994 e. The van der Waals surface area contributed by atoms with E-state index in [0.717, 1.165) is 24.0 Å². The molecule has 0 saturated heterocycles. The van der Waals surface area contributed by atoms with Crippen molar-refractivity contribution in [1.82, 2.24) is 0 Å². The van der Waals surface area contributed by atoms with Crippen LogP contribution in [0.5, 0.6) is 0 Å². The van der Waals surface area contributed by atoms with Crippen molar-refractivity contribution in [3.05, 3.63) is 35.4 Å². The molecule has 1 heteroatoms. The first-order valence-corrected chi connectivity index (χ1v) is 4.70. The predicted octanol–water partition coefficient (Wildman–Crippen LogP) is 3.26. The third kappa shape index (κ3) is 2.32. The minimum Gasteiger partial charge on any atom is -0.192 e. The van der Waals surface area contributed by atoms with Crippen LogP contribution in [0.1, 0.15) is 43.7 Å². The van der Waals surface area contributed by atoms with Crippen LogP contribution < -0.4 is 0 Å². The molecule has 0 N–H and O–H groups in total. The monoisotopic (exact) mass is 172 g/mol. The van der Waals surface area contributed by atoms with Gasteiger partial charge in [-0.15, -0.1) is 0 Å². The molecule has 0 aromatic heterocycles. The van der Waals surface area contributed by atoms with Crippen molar-refractivity contribution in [1.29, 1.82) is 5.26 Å². The Morgan fingerprint density at radius 1 is 1.62 bits per heavy atom. The number of hydrogen-bond donors (Lipinski definition) is 0. The van der Waals surface area contributed by atoms with E-state index in [9.17, 15) is 0 Å². The highest BCUT2D eigenvalue weighted by molar-refractivity contribution is 5.38. The van der Waals surface area contributed by atoms with E-state index in [4.69, 9.17) is 5.26 Å². The number of nitriles is 1. The van der Waals surface area contributed by atoms with Crippen molar-refractivity contribution < 1.29 is 0 Å². The van der Waals surface area contributed by atoms with Crippen molar-refractivity contribution in [2.75, 3.05) is 0 Å². The summed E-state index contributed by atoms with van der Waals surface area (Å²) in [4.78, 5) is 0. The molecule has 0 aliphatic rings. The molecule has 0 heterocycles. The van der Waals surface area contributed by atoms with E-state index in [-0.39, 0.29) is 0 Å². The Kier molecular flexibility index (Phi) is 3.52. The third-order valence-corrected chi connectivity index (χ3v) is 2.22. The van der Waals surface area contributed by atoms with Crippen LogP contribution in [0, 0.1) is 17.4 Å². The van der Waals surface area contributed by atoms with Gasteiger partial charge in [-0.05, 0) is 30.0 Å². The van der Waals surface area contributed by atoms with Crippen LogP contribution in [-0.2, 0) is 0 Å². The standard InChI is InChI=1S/C12H14N/c1-3-6-10(2)12-8-5-4-7-11(12)9-13/h4-5,7,10H,3,6H2,1-2H3. The molecular formula is C12H14N. The Labute approximate surface area is 80.0 Å². The Morgan fingerprint density at radius 2 is 2.38 bits per heavy atom. The van der Waals surface area contributed by atoms with Crippen LogP contribution in [0.2, 0.25) is 0 Å². The Morgan fingerprint density at radius 3 is 3.00 bits per heavy atom. The number of hydrogen-bond acceptors (Lipinski definition) is 1. The molecule has 1 nitrogen and oxygen atoms in total. The highest BCUT2D eigenvalue weighted by Gasteiger charge is 2.08. The van der Waals surface area contributed by atoms with E-state index in [0.29, 0.717) is 5.92 Å². The summed E-state index contributed by atoms with van der Waals surface area (Å²) in [5.41, 5.74) is 1.83. The summed E-state index contributed by atoms with van der Waals surface area (Å²) >= 11 is 0. The van der Waals surface area contributed by atoms with E-state index >= 15 is 0 Å². The molecule has 13 heavy (non-hydrogen) atoms. The molecule has 1 atom stereocenters. The molecule has 0 fully saturated rings. The minimum absolute atomic E-state index is 0.445. The minimum atomic E-state index is 0.445. The van der Waals surface area contributed by atoms with Crippen LogP contribution in [0.3, 0.4) is 0 Å². The topological polar surface area (TPSA) is 23.8 Å². The lowest BCUT2D eigenvalue weighted by Crippen LogP contribution is -1.96. The molecule has 1 radical (unpaired) electrons. The summed E-state index contributed by atoms with van der Waals surface area (Å²) in [5.74, 6) is 0.445. The molecule has 0 aliphatic heterocycles. The largest absolute Gasteiger partial charge is 0.192 e. The molecule has 0 saturated carbocycles. The average Bonchev–Trinajstić information content (AvgIpc) is 2.18. The second kappa shape index (κ2) is 4.67. The van der Waals surface area contributed by atoms with Crippen molar-refractivity contribution in [3.63, 3.8) is 0 Å². The van der Waals surface area contributed by atoms with Gasteiger partial charge < -0.3 is 0 Å². The Balaban J connectivity index is 2.93. The Hall–Kier alpha value is -1.29. The number of rotatable bonds is 3. The van der Waals surface area contributed by atoms with Gasteiger partial charge in [-0.2, -0.15) is 5.26 Å². The summed E-state index contributed by atoms with van der Waals surface area (Å²) in [5, 5.41) is 8.87.